The Labute approximate surface area is 186 Å². The molecule has 4 nitrogen and oxygen atoms in total. The number of carbonyl (C=O) groups excluding carboxylic acids is 2. The van der Waals surface area contributed by atoms with Crippen LogP contribution >= 0.6 is 0 Å². The second-order valence-electron chi connectivity index (χ2n) is 8.00. The van der Waals surface area contributed by atoms with Gasteiger partial charge >= 0.3 is 11.9 Å². The first kappa shape index (κ1) is 30.6. The van der Waals surface area contributed by atoms with E-state index >= 15 is 0 Å². The van der Waals surface area contributed by atoms with Crippen LogP contribution in [-0.4, -0.2) is 18.5 Å². The molecule has 0 unspecified atom stereocenters. The minimum atomic E-state index is -0.329. The predicted molar refractivity (Wildman–Crippen MR) is 127 cm³/mol. The molecule has 0 aromatic heterocycles. The highest BCUT2D eigenvalue weighted by molar-refractivity contribution is 5.86. The lowest BCUT2D eigenvalue weighted by molar-refractivity contribution is -0.139. The number of rotatable bonds is 19. The molecule has 30 heavy (non-hydrogen) atoms. The Morgan fingerprint density at radius 1 is 0.700 bits per heavy atom. The van der Waals surface area contributed by atoms with Gasteiger partial charge in [-0.05, 0) is 13.3 Å². The van der Waals surface area contributed by atoms with E-state index in [1.54, 1.807) is 6.92 Å². The number of unbranched alkanes of at least 4 members (excludes halogenated alkanes) is 15. The summed E-state index contributed by atoms with van der Waals surface area (Å²) in [6, 6.07) is 0. The fourth-order valence-corrected chi connectivity index (χ4v) is 3.06. The SMILES string of the molecule is C=C(C)C(=O)OCCCCCCCCCCCCCCCCCC.C=COC(C)=O. The Morgan fingerprint density at radius 3 is 1.33 bits per heavy atom. The number of hydrogen-bond donors (Lipinski definition) is 0. The first-order valence-electron chi connectivity index (χ1n) is 12.1. The summed E-state index contributed by atoms with van der Waals surface area (Å²) in [5, 5.41) is 0. The van der Waals surface area contributed by atoms with Crippen molar-refractivity contribution in [3.63, 3.8) is 0 Å². The number of hydrogen-bond acceptors (Lipinski definition) is 4. The molecule has 0 aromatic carbocycles. The molecule has 4 heteroatoms. The molecule has 0 heterocycles. The van der Waals surface area contributed by atoms with Gasteiger partial charge in [-0.3, -0.25) is 4.79 Å². The number of esters is 2. The van der Waals surface area contributed by atoms with Crippen molar-refractivity contribution in [2.24, 2.45) is 0 Å². The van der Waals surface area contributed by atoms with Crippen LogP contribution in [0.1, 0.15) is 124 Å². The van der Waals surface area contributed by atoms with Crippen LogP contribution in [0.2, 0.25) is 0 Å². The minimum absolute atomic E-state index is 0.254. The van der Waals surface area contributed by atoms with Gasteiger partial charge < -0.3 is 9.47 Å². The van der Waals surface area contributed by atoms with E-state index in [2.05, 4.69) is 24.8 Å². The van der Waals surface area contributed by atoms with Crippen LogP contribution in [0.15, 0.2) is 25.0 Å². The van der Waals surface area contributed by atoms with E-state index in [4.69, 9.17) is 4.74 Å². The van der Waals surface area contributed by atoms with Crippen molar-refractivity contribution in [3.8, 4) is 0 Å². The lowest BCUT2D eigenvalue weighted by Crippen LogP contribution is -2.05. The Morgan fingerprint density at radius 2 is 1.07 bits per heavy atom. The van der Waals surface area contributed by atoms with Crippen LogP contribution in [-0.2, 0) is 19.1 Å². The van der Waals surface area contributed by atoms with Crippen molar-refractivity contribution in [1.82, 2.24) is 0 Å². The number of carbonyl (C=O) groups is 2. The molecule has 0 rings (SSSR count). The second-order valence-corrected chi connectivity index (χ2v) is 8.00. The summed E-state index contributed by atoms with van der Waals surface area (Å²) in [7, 11) is 0. The highest BCUT2D eigenvalue weighted by atomic mass is 16.5. The van der Waals surface area contributed by atoms with Crippen LogP contribution in [0.3, 0.4) is 0 Å². The topological polar surface area (TPSA) is 52.6 Å². The van der Waals surface area contributed by atoms with Crippen LogP contribution in [0.4, 0.5) is 0 Å². The smallest absolute Gasteiger partial charge is 0.333 e. The summed E-state index contributed by atoms with van der Waals surface area (Å²) in [5.41, 5.74) is 0.492. The first-order valence-corrected chi connectivity index (χ1v) is 12.1. The molecule has 0 atom stereocenters. The molecule has 0 aliphatic heterocycles. The van der Waals surface area contributed by atoms with Gasteiger partial charge in [-0.1, -0.05) is 116 Å². The first-order chi connectivity index (χ1) is 14.5. The maximum absolute atomic E-state index is 11.2. The molecule has 0 saturated carbocycles. The molecule has 0 radical (unpaired) electrons. The Balaban J connectivity index is 0. The second kappa shape index (κ2) is 25.5. The van der Waals surface area contributed by atoms with Crippen molar-refractivity contribution >= 4 is 11.9 Å². The van der Waals surface area contributed by atoms with E-state index in [0.717, 1.165) is 12.7 Å². The van der Waals surface area contributed by atoms with Gasteiger partial charge in [0.1, 0.15) is 0 Å². The lowest BCUT2D eigenvalue weighted by Gasteiger charge is -2.05. The van der Waals surface area contributed by atoms with E-state index in [-0.39, 0.29) is 11.9 Å². The zero-order chi connectivity index (χ0) is 22.9. The monoisotopic (exact) mass is 424 g/mol. The zero-order valence-electron chi connectivity index (χ0n) is 20.1. The third-order valence-electron chi connectivity index (χ3n) is 4.83. The normalized spacial score (nSPS) is 9.97. The van der Waals surface area contributed by atoms with E-state index in [1.165, 1.54) is 103 Å². The fraction of sp³-hybridized carbons (Fsp3) is 0.769. The maximum atomic E-state index is 11.2. The molecule has 0 spiro atoms. The Bertz CT molecular complexity index is 429. The van der Waals surface area contributed by atoms with Crippen molar-refractivity contribution < 1.29 is 19.1 Å². The molecule has 0 saturated heterocycles. The standard InChI is InChI=1S/C22H42O2.C4H6O2/c1-4-5-6-7-8-9-10-11-12-13-14-15-16-17-18-19-20-24-22(23)21(2)3;1-3-6-4(2)5/h2,4-20H2,1,3H3;3H,1H2,2H3. The molecule has 0 N–H and O–H groups in total. The molecule has 176 valence electrons. The van der Waals surface area contributed by atoms with Crippen LogP contribution in [0.25, 0.3) is 0 Å². The molecule has 0 bridgehead atoms. The van der Waals surface area contributed by atoms with Crippen LogP contribution in [0.5, 0.6) is 0 Å². The summed E-state index contributed by atoms with van der Waals surface area (Å²) in [6.07, 6.45) is 22.8. The Kier molecular flexibility index (Phi) is 26.0. The van der Waals surface area contributed by atoms with Gasteiger partial charge in [-0.2, -0.15) is 0 Å². The summed E-state index contributed by atoms with van der Waals surface area (Å²) in [6.45, 7) is 12.6. The van der Waals surface area contributed by atoms with Gasteiger partial charge in [0.05, 0.1) is 12.9 Å². The molecule has 0 fully saturated rings. The predicted octanol–water partition coefficient (Wildman–Crippen LogP) is 8.06. The van der Waals surface area contributed by atoms with Gasteiger partial charge in [0.25, 0.3) is 0 Å². The number of ether oxygens (including phenoxy) is 2. The van der Waals surface area contributed by atoms with Crippen molar-refractivity contribution in [2.75, 3.05) is 6.61 Å². The van der Waals surface area contributed by atoms with Gasteiger partial charge in [0.15, 0.2) is 0 Å². The van der Waals surface area contributed by atoms with Gasteiger partial charge in [0.2, 0.25) is 0 Å². The summed E-state index contributed by atoms with van der Waals surface area (Å²) in [5.74, 6) is -0.582. The molecule has 0 aromatic rings. The van der Waals surface area contributed by atoms with Gasteiger partial charge in [-0.25, -0.2) is 4.79 Å². The Hall–Kier alpha value is -1.58. The van der Waals surface area contributed by atoms with Crippen molar-refractivity contribution in [3.05, 3.63) is 25.0 Å². The average molecular weight is 425 g/mol. The van der Waals surface area contributed by atoms with E-state index in [9.17, 15) is 9.59 Å². The molecule has 0 aliphatic carbocycles. The van der Waals surface area contributed by atoms with E-state index in [0.29, 0.717) is 12.2 Å². The molecular weight excluding hydrogens is 376 g/mol. The third kappa shape index (κ3) is 28.6. The fourth-order valence-electron chi connectivity index (χ4n) is 3.06. The third-order valence-corrected chi connectivity index (χ3v) is 4.83. The molecule has 0 aliphatic rings. The van der Waals surface area contributed by atoms with Crippen molar-refractivity contribution in [1.29, 1.82) is 0 Å². The zero-order valence-corrected chi connectivity index (χ0v) is 20.1. The van der Waals surface area contributed by atoms with Crippen LogP contribution < -0.4 is 0 Å². The van der Waals surface area contributed by atoms with Crippen molar-refractivity contribution in [2.45, 2.75) is 124 Å². The van der Waals surface area contributed by atoms with E-state index in [1.807, 2.05) is 0 Å². The highest BCUT2D eigenvalue weighted by Crippen LogP contribution is 2.13. The van der Waals surface area contributed by atoms with Gasteiger partial charge in [0, 0.05) is 12.5 Å². The van der Waals surface area contributed by atoms with Gasteiger partial charge in [-0.15, -0.1) is 0 Å². The summed E-state index contributed by atoms with van der Waals surface area (Å²) >= 11 is 0. The highest BCUT2D eigenvalue weighted by Gasteiger charge is 2.01. The lowest BCUT2D eigenvalue weighted by atomic mass is 10.0. The summed E-state index contributed by atoms with van der Waals surface area (Å²) in [4.78, 5) is 20.9. The quantitative estimate of drug-likeness (QED) is 0.0910. The van der Waals surface area contributed by atoms with E-state index < -0.39 is 0 Å². The summed E-state index contributed by atoms with van der Waals surface area (Å²) < 4.78 is 9.25. The molecular formula is C26H48O4. The molecule has 0 amide bonds. The largest absolute Gasteiger partial charge is 0.462 e. The minimum Gasteiger partial charge on any atom is -0.462 e. The average Bonchev–Trinajstić information content (AvgIpc) is 2.70. The maximum Gasteiger partial charge on any atom is 0.333 e. The van der Waals surface area contributed by atoms with Crippen LogP contribution in [0, 0.1) is 0 Å².